The minimum atomic E-state index is 0.114. The Bertz CT molecular complexity index is 560. The summed E-state index contributed by atoms with van der Waals surface area (Å²) in [5.74, 6) is 2.67. The Morgan fingerprint density at radius 2 is 2.00 bits per heavy atom. The predicted molar refractivity (Wildman–Crippen MR) is 85.7 cm³/mol. The molecular weight excluding hydrogens is 258 g/mol. The third-order valence-electron chi connectivity index (χ3n) is 7.42. The van der Waals surface area contributed by atoms with Crippen LogP contribution in [0.4, 0.5) is 0 Å². The van der Waals surface area contributed by atoms with Crippen molar-refractivity contribution in [1.29, 1.82) is 0 Å². The maximum absolute atomic E-state index is 9.80. The molecule has 4 rings (SSSR count). The molecule has 2 saturated carbocycles. The standard InChI is InChI=1S/C19H27NO/c1-18-9-7-13(21)11-12(18)3-4-14-15-5-6-17(20)19(15,2)10-8-16(14)18/h3,7,9,11,14-17,21H,4-6,8,10,20H2,1-2H3/t14-,15-,16-,17?,18-,19-/m0/s1. The molecule has 0 saturated heterocycles. The summed E-state index contributed by atoms with van der Waals surface area (Å²) in [5.41, 5.74) is 8.26. The van der Waals surface area contributed by atoms with Crippen LogP contribution < -0.4 is 5.73 Å². The Hall–Kier alpha value is -1.02. The summed E-state index contributed by atoms with van der Waals surface area (Å²) >= 11 is 0. The highest BCUT2D eigenvalue weighted by molar-refractivity contribution is 5.43. The number of nitrogens with two attached hydrogens (primary N) is 1. The fourth-order valence-electron chi connectivity index (χ4n) is 6.00. The molecule has 6 atom stereocenters. The van der Waals surface area contributed by atoms with Gasteiger partial charge < -0.3 is 10.8 Å². The van der Waals surface area contributed by atoms with Crippen LogP contribution in [0.25, 0.3) is 0 Å². The molecule has 0 bridgehead atoms. The molecule has 0 aromatic carbocycles. The molecule has 114 valence electrons. The topological polar surface area (TPSA) is 46.2 Å². The monoisotopic (exact) mass is 285 g/mol. The van der Waals surface area contributed by atoms with Crippen molar-refractivity contribution in [2.24, 2.45) is 34.3 Å². The Morgan fingerprint density at radius 1 is 1.19 bits per heavy atom. The summed E-state index contributed by atoms with van der Waals surface area (Å²) in [6.07, 6.45) is 14.7. The minimum Gasteiger partial charge on any atom is -0.508 e. The molecule has 4 aliphatic carbocycles. The highest BCUT2D eigenvalue weighted by atomic mass is 16.3. The van der Waals surface area contributed by atoms with E-state index in [4.69, 9.17) is 5.73 Å². The van der Waals surface area contributed by atoms with E-state index in [0.717, 1.165) is 11.8 Å². The first-order valence-electron chi connectivity index (χ1n) is 8.51. The van der Waals surface area contributed by atoms with E-state index in [1.165, 1.54) is 37.7 Å². The van der Waals surface area contributed by atoms with Gasteiger partial charge in [0.15, 0.2) is 0 Å². The number of hydrogen-bond acceptors (Lipinski definition) is 2. The van der Waals surface area contributed by atoms with Gasteiger partial charge in [-0.1, -0.05) is 26.0 Å². The SMILES string of the molecule is C[C@]12C=CC(O)=CC1=CC[C@@H]1[C@@H]2CC[C@]2(C)C(N)CC[C@@H]12. The normalized spacial score (nSPS) is 51.6. The molecule has 2 heteroatoms. The lowest BCUT2D eigenvalue weighted by Crippen LogP contribution is -2.51. The number of hydrogen-bond donors (Lipinski definition) is 2. The van der Waals surface area contributed by atoms with Crippen LogP contribution in [-0.4, -0.2) is 11.1 Å². The van der Waals surface area contributed by atoms with Gasteiger partial charge in [-0.3, -0.25) is 0 Å². The van der Waals surface area contributed by atoms with Gasteiger partial charge in [-0.05, 0) is 73.0 Å². The van der Waals surface area contributed by atoms with Crippen LogP contribution in [0, 0.1) is 28.6 Å². The van der Waals surface area contributed by atoms with Gasteiger partial charge in [0.25, 0.3) is 0 Å². The molecule has 0 heterocycles. The average Bonchev–Trinajstić information content (AvgIpc) is 2.76. The van der Waals surface area contributed by atoms with Crippen LogP contribution in [0.1, 0.15) is 46.0 Å². The molecule has 1 unspecified atom stereocenters. The van der Waals surface area contributed by atoms with E-state index in [-0.39, 0.29) is 5.41 Å². The molecular formula is C19H27NO. The largest absolute Gasteiger partial charge is 0.508 e. The Kier molecular flexibility index (Phi) is 2.76. The van der Waals surface area contributed by atoms with Gasteiger partial charge in [0, 0.05) is 11.5 Å². The molecule has 0 aliphatic heterocycles. The van der Waals surface area contributed by atoms with Crippen LogP contribution in [0.2, 0.25) is 0 Å². The van der Waals surface area contributed by atoms with E-state index in [0.29, 0.717) is 23.1 Å². The van der Waals surface area contributed by atoms with Gasteiger partial charge in [0.2, 0.25) is 0 Å². The zero-order valence-corrected chi connectivity index (χ0v) is 13.2. The molecule has 4 aliphatic rings. The summed E-state index contributed by atoms with van der Waals surface area (Å²) in [5, 5.41) is 9.80. The van der Waals surface area contributed by atoms with E-state index in [1.807, 2.05) is 12.2 Å². The Labute approximate surface area is 127 Å². The summed E-state index contributed by atoms with van der Waals surface area (Å²) in [4.78, 5) is 0. The van der Waals surface area contributed by atoms with Crippen molar-refractivity contribution in [2.75, 3.05) is 0 Å². The lowest BCUT2D eigenvalue weighted by atomic mass is 9.49. The van der Waals surface area contributed by atoms with Crippen LogP contribution in [-0.2, 0) is 0 Å². The number of rotatable bonds is 0. The molecule has 0 aromatic rings. The van der Waals surface area contributed by atoms with E-state index in [2.05, 4.69) is 26.0 Å². The van der Waals surface area contributed by atoms with Crippen molar-refractivity contribution >= 4 is 0 Å². The quantitative estimate of drug-likeness (QED) is 0.703. The Morgan fingerprint density at radius 3 is 2.81 bits per heavy atom. The highest BCUT2D eigenvalue weighted by Gasteiger charge is 2.56. The van der Waals surface area contributed by atoms with Crippen molar-refractivity contribution in [2.45, 2.75) is 52.0 Å². The van der Waals surface area contributed by atoms with Gasteiger partial charge in [0.05, 0.1) is 0 Å². The van der Waals surface area contributed by atoms with Gasteiger partial charge in [-0.15, -0.1) is 0 Å². The summed E-state index contributed by atoms with van der Waals surface area (Å²) < 4.78 is 0. The van der Waals surface area contributed by atoms with Crippen molar-refractivity contribution in [1.82, 2.24) is 0 Å². The average molecular weight is 285 g/mol. The van der Waals surface area contributed by atoms with E-state index in [1.54, 1.807) is 0 Å². The van der Waals surface area contributed by atoms with Gasteiger partial charge in [-0.2, -0.15) is 0 Å². The Balaban J connectivity index is 1.73. The molecule has 3 N–H and O–H groups in total. The summed E-state index contributed by atoms with van der Waals surface area (Å²) in [6.45, 7) is 4.81. The number of aliphatic hydroxyl groups is 1. The number of fused-ring (bicyclic) bond motifs is 5. The van der Waals surface area contributed by atoms with E-state index >= 15 is 0 Å². The smallest absolute Gasteiger partial charge is 0.115 e. The predicted octanol–water partition coefficient (Wildman–Crippen LogP) is 4.10. The molecule has 2 nitrogen and oxygen atoms in total. The zero-order valence-electron chi connectivity index (χ0n) is 13.2. The van der Waals surface area contributed by atoms with Gasteiger partial charge in [0.1, 0.15) is 5.76 Å². The fourth-order valence-corrected chi connectivity index (χ4v) is 6.00. The van der Waals surface area contributed by atoms with Crippen LogP contribution >= 0.6 is 0 Å². The molecule has 0 spiro atoms. The second-order valence-electron chi connectivity index (χ2n) is 8.19. The molecule has 0 radical (unpaired) electrons. The zero-order chi connectivity index (χ0) is 14.8. The molecule has 21 heavy (non-hydrogen) atoms. The van der Waals surface area contributed by atoms with Gasteiger partial charge >= 0.3 is 0 Å². The second kappa shape index (κ2) is 4.25. The first kappa shape index (κ1) is 13.6. The fraction of sp³-hybridized carbons (Fsp3) is 0.684. The lowest BCUT2D eigenvalue weighted by Gasteiger charge is -2.55. The third kappa shape index (κ3) is 1.69. The van der Waals surface area contributed by atoms with Crippen molar-refractivity contribution in [3.63, 3.8) is 0 Å². The minimum absolute atomic E-state index is 0.114. The first-order valence-corrected chi connectivity index (χ1v) is 8.51. The van der Waals surface area contributed by atoms with Crippen molar-refractivity contribution < 1.29 is 5.11 Å². The van der Waals surface area contributed by atoms with E-state index in [9.17, 15) is 5.11 Å². The third-order valence-corrected chi connectivity index (χ3v) is 7.42. The van der Waals surface area contributed by atoms with Crippen LogP contribution in [0.5, 0.6) is 0 Å². The van der Waals surface area contributed by atoms with Gasteiger partial charge in [-0.25, -0.2) is 0 Å². The number of allylic oxidation sites excluding steroid dienone is 5. The molecule has 0 amide bonds. The maximum atomic E-state index is 9.80. The highest BCUT2D eigenvalue weighted by Crippen LogP contribution is 2.63. The van der Waals surface area contributed by atoms with Crippen molar-refractivity contribution in [3.05, 3.63) is 35.6 Å². The van der Waals surface area contributed by atoms with Crippen LogP contribution in [0.15, 0.2) is 35.6 Å². The molecule has 2 fully saturated rings. The maximum Gasteiger partial charge on any atom is 0.115 e. The van der Waals surface area contributed by atoms with E-state index < -0.39 is 0 Å². The summed E-state index contributed by atoms with van der Waals surface area (Å²) in [7, 11) is 0. The summed E-state index contributed by atoms with van der Waals surface area (Å²) in [6, 6.07) is 0.396. The van der Waals surface area contributed by atoms with Crippen molar-refractivity contribution in [3.8, 4) is 0 Å². The lowest BCUT2D eigenvalue weighted by molar-refractivity contribution is -0.00633. The van der Waals surface area contributed by atoms with Crippen LogP contribution in [0.3, 0.4) is 0 Å². The second-order valence-corrected chi connectivity index (χ2v) is 8.19. The molecule has 0 aromatic heterocycles. The first-order chi connectivity index (χ1) is 9.95. The number of aliphatic hydroxyl groups excluding tert-OH is 1.